The van der Waals surface area contributed by atoms with Crippen LogP contribution in [-0.4, -0.2) is 23.0 Å². The molecule has 2 nitrogen and oxygen atoms in total. The van der Waals surface area contributed by atoms with Crippen molar-refractivity contribution in [1.82, 2.24) is 5.32 Å². The van der Waals surface area contributed by atoms with Crippen LogP contribution in [0.3, 0.4) is 0 Å². The first-order valence-corrected chi connectivity index (χ1v) is 8.04. The van der Waals surface area contributed by atoms with E-state index < -0.39 is 0 Å². The van der Waals surface area contributed by atoms with Crippen molar-refractivity contribution in [2.75, 3.05) is 6.54 Å². The molecule has 1 saturated carbocycles. The molecular formula is C14H26N2S. The first-order chi connectivity index (χ1) is 8.19. The Morgan fingerprint density at radius 3 is 2.82 bits per heavy atom. The second-order valence-corrected chi connectivity index (χ2v) is 7.07. The zero-order valence-electron chi connectivity index (χ0n) is 11.4. The van der Waals surface area contributed by atoms with E-state index in [9.17, 15) is 0 Å². The zero-order valence-corrected chi connectivity index (χ0v) is 12.2. The van der Waals surface area contributed by atoms with Crippen molar-refractivity contribution < 1.29 is 0 Å². The molecule has 0 aromatic rings. The summed E-state index contributed by atoms with van der Waals surface area (Å²) in [5.41, 5.74) is 0. The molecule has 0 saturated heterocycles. The molecule has 4 unspecified atom stereocenters. The lowest BCUT2D eigenvalue weighted by molar-refractivity contribution is 0.241. The molecule has 0 radical (unpaired) electrons. The summed E-state index contributed by atoms with van der Waals surface area (Å²) >= 11 is 1.97. The molecule has 3 heteroatoms. The standard InChI is InChI=1S/C14H26N2S/c1-4-5-13-9-15-14(17-13)16-12-7-6-10(2)11(3)8-12/h10-13H,4-9H2,1-3H3,(H,15,16). The molecule has 2 rings (SSSR count). The second kappa shape index (κ2) is 6.12. The Kier molecular flexibility index (Phi) is 4.78. The first-order valence-electron chi connectivity index (χ1n) is 7.16. The summed E-state index contributed by atoms with van der Waals surface area (Å²) < 4.78 is 0. The van der Waals surface area contributed by atoms with E-state index in [1.165, 1.54) is 37.3 Å². The van der Waals surface area contributed by atoms with Crippen LogP contribution in [0.25, 0.3) is 0 Å². The molecule has 1 aliphatic heterocycles. The molecule has 1 heterocycles. The average Bonchev–Trinajstić information content (AvgIpc) is 2.72. The molecule has 0 bridgehead atoms. The van der Waals surface area contributed by atoms with Gasteiger partial charge in [-0.15, -0.1) is 0 Å². The highest BCUT2D eigenvalue weighted by Crippen LogP contribution is 2.31. The van der Waals surface area contributed by atoms with Crippen molar-refractivity contribution in [3.63, 3.8) is 0 Å². The van der Waals surface area contributed by atoms with Gasteiger partial charge in [-0.2, -0.15) is 0 Å². The molecule has 1 aliphatic carbocycles. The molecule has 1 fully saturated rings. The van der Waals surface area contributed by atoms with Crippen molar-refractivity contribution in [2.45, 2.75) is 64.2 Å². The van der Waals surface area contributed by atoms with Gasteiger partial charge >= 0.3 is 0 Å². The fraction of sp³-hybridized carbons (Fsp3) is 0.929. The Labute approximate surface area is 110 Å². The number of nitrogens with one attached hydrogen (secondary N) is 1. The highest BCUT2D eigenvalue weighted by atomic mass is 32.2. The fourth-order valence-electron chi connectivity index (χ4n) is 2.82. The predicted molar refractivity (Wildman–Crippen MR) is 77.7 cm³/mol. The van der Waals surface area contributed by atoms with Crippen LogP contribution in [0.1, 0.15) is 52.9 Å². The zero-order chi connectivity index (χ0) is 12.3. The van der Waals surface area contributed by atoms with Crippen molar-refractivity contribution in [1.29, 1.82) is 0 Å². The minimum absolute atomic E-state index is 0.674. The molecule has 1 N–H and O–H groups in total. The Morgan fingerprint density at radius 2 is 2.12 bits per heavy atom. The van der Waals surface area contributed by atoms with Gasteiger partial charge in [-0.1, -0.05) is 39.0 Å². The van der Waals surface area contributed by atoms with Gasteiger partial charge in [-0.25, -0.2) is 0 Å². The molecule has 4 atom stereocenters. The van der Waals surface area contributed by atoms with Crippen LogP contribution in [0.5, 0.6) is 0 Å². The van der Waals surface area contributed by atoms with Gasteiger partial charge in [0.25, 0.3) is 0 Å². The number of nitrogens with zero attached hydrogens (tertiary/aromatic N) is 1. The number of thioether (sulfide) groups is 1. The summed E-state index contributed by atoms with van der Waals surface area (Å²) in [6, 6.07) is 0.674. The topological polar surface area (TPSA) is 24.4 Å². The van der Waals surface area contributed by atoms with E-state index >= 15 is 0 Å². The Morgan fingerprint density at radius 1 is 1.29 bits per heavy atom. The maximum atomic E-state index is 4.64. The Hall–Kier alpha value is -0.180. The van der Waals surface area contributed by atoms with Crippen LogP contribution >= 0.6 is 11.8 Å². The van der Waals surface area contributed by atoms with Crippen LogP contribution in [0.2, 0.25) is 0 Å². The smallest absolute Gasteiger partial charge is 0.157 e. The molecule has 2 aliphatic rings. The van der Waals surface area contributed by atoms with Gasteiger partial charge in [0.05, 0.1) is 6.54 Å². The number of amidine groups is 1. The molecule has 17 heavy (non-hydrogen) atoms. The van der Waals surface area contributed by atoms with Crippen LogP contribution in [0.15, 0.2) is 4.99 Å². The molecule has 0 aromatic carbocycles. The Bertz CT molecular complexity index is 277. The van der Waals surface area contributed by atoms with E-state index in [0.29, 0.717) is 6.04 Å². The van der Waals surface area contributed by atoms with E-state index in [1.54, 1.807) is 0 Å². The largest absolute Gasteiger partial charge is 0.362 e. The summed E-state index contributed by atoms with van der Waals surface area (Å²) in [6.45, 7) is 8.07. The van der Waals surface area contributed by atoms with Gasteiger partial charge in [-0.05, 0) is 37.5 Å². The maximum Gasteiger partial charge on any atom is 0.157 e. The lowest BCUT2D eigenvalue weighted by Crippen LogP contribution is -2.38. The molecule has 0 spiro atoms. The number of hydrogen-bond donors (Lipinski definition) is 1. The lowest BCUT2D eigenvalue weighted by atomic mass is 9.79. The van der Waals surface area contributed by atoms with Crippen molar-refractivity contribution in [3.05, 3.63) is 0 Å². The predicted octanol–water partition coefficient (Wildman–Crippen LogP) is 3.67. The SMILES string of the molecule is CCCC1CN=C(NC2CCC(C)C(C)C2)S1. The molecular weight excluding hydrogens is 228 g/mol. The summed E-state index contributed by atoms with van der Waals surface area (Å²) in [7, 11) is 0. The van der Waals surface area contributed by atoms with Gasteiger partial charge in [0.1, 0.15) is 0 Å². The van der Waals surface area contributed by atoms with E-state index in [1.807, 2.05) is 11.8 Å². The summed E-state index contributed by atoms with van der Waals surface area (Å²) in [6.07, 6.45) is 6.59. The molecule has 0 amide bonds. The number of aliphatic imine (C=N–C) groups is 1. The van der Waals surface area contributed by atoms with Gasteiger partial charge in [0.2, 0.25) is 0 Å². The molecule has 98 valence electrons. The van der Waals surface area contributed by atoms with Crippen molar-refractivity contribution in [2.24, 2.45) is 16.8 Å². The van der Waals surface area contributed by atoms with Gasteiger partial charge in [0, 0.05) is 11.3 Å². The minimum Gasteiger partial charge on any atom is -0.362 e. The fourth-order valence-corrected chi connectivity index (χ4v) is 4.02. The highest BCUT2D eigenvalue weighted by molar-refractivity contribution is 8.14. The summed E-state index contributed by atoms with van der Waals surface area (Å²) in [5.74, 6) is 1.76. The summed E-state index contributed by atoms with van der Waals surface area (Å²) in [4.78, 5) is 4.64. The van der Waals surface area contributed by atoms with E-state index in [2.05, 4.69) is 31.1 Å². The number of rotatable bonds is 3. The van der Waals surface area contributed by atoms with Crippen LogP contribution in [0, 0.1) is 11.8 Å². The van der Waals surface area contributed by atoms with Crippen molar-refractivity contribution >= 4 is 16.9 Å². The third kappa shape index (κ3) is 3.64. The normalized spacial score (nSPS) is 37.9. The van der Waals surface area contributed by atoms with Crippen LogP contribution in [0.4, 0.5) is 0 Å². The first kappa shape index (κ1) is 13.3. The van der Waals surface area contributed by atoms with E-state index in [4.69, 9.17) is 0 Å². The van der Waals surface area contributed by atoms with Gasteiger partial charge in [0.15, 0.2) is 5.17 Å². The highest BCUT2D eigenvalue weighted by Gasteiger charge is 2.27. The van der Waals surface area contributed by atoms with Crippen LogP contribution < -0.4 is 5.32 Å². The monoisotopic (exact) mass is 254 g/mol. The average molecular weight is 254 g/mol. The van der Waals surface area contributed by atoms with Gasteiger partial charge in [-0.3, -0.25) is 4.99 Å². The van der Waals surface area contributed by atoms with E-state index in [0.717, 1.165) is 23.6 Å². The third-order valence-electron chi connectivity index (χ3n) is 4.25. The summed E-state index contributed by atoms with van der Waals surface area (Å²) in [5, 5.41) is 5.63. The van der Waals surface area contributed by atoms with Crippen LogP contribution in [-0.2, 0) is 0 Å². The lowest BCUT2D eigenvalue weighted by Gasteiger charge is -2.32. The third-order valence-corrected chi connectivity index (χ3v) is 5.44. The number of hydrogen-bond acceptors (Lipinski definition) is 3. The maximum absolute atomic E-state index is 4.64. The van der Waals surface area contributed by atoms with E-state index in [-0.39, 0.29) is 0 Å². The molecule has 0 aromatic heterocycles. The van der Waals surface area contributed by atoms with Crippen molar-refractivity contribution in [3.8, 4) is 0 Å². The quantitative estimate of drug-likeness (QED) is 0.831. The van der Waals surface area contributed by atoms with Gasteiger partial charge < -0.3 is 5.32 Å². The Balaban J connectivity index is 1.75. The minimum atomic E-state index is 0.674. The second-order valence-electron chi connectivity index (χ2n) is 5.78.